The zero-order valence-corrected chi connectivity index (χ0v) is 26.2. The lowest BCUT2D eigenvalue weighted by atomic mass is 9.80. The van der Waals surface area contributed by atoms with Crippen molar-refractivity contribution in [2.75, 3.05) is 13.7 Å². The number of benzene rings is 2. The Balaban J connectivity index is 1.22. The Labute approximate surface area is 258 Å². The molecule has 3 aromatic heterocycles. The lowest BCUT2D eigenvalue weighted by Gasteiger charge is -2.32. The Kier molecular flexibility index (Phi) is 7.81. The number of methoxy groups -OCH3 is 1. The Morgan fingerprint density at radius 2 is 1.57 bits per heavy atom. The van der Waals surface area contributed by atoms with Gasteiger partial charge in [0.15, 0.2) is 5.75 Å². The lowest BCUT2D eigenvalue weighted by Crippen LogP contribution is -2.41. The molecule has 6 rings (SSSR count). The maximum Gasteiger partial charge on any atom is 0.496 e. The van der Waals surface area contributed by atoms with Crippen molar-refractivity contribution in [3.8, 4) is 34.4 Å². The van der Waals surface area contributed by atoms with Crippen LogP contribution in [-0.2, 0) is 15.7 Å². The molecule has 5 aromatic rings. The van der Waals surface area contributed by atoms with E-state index in [1.807, 2.05) is 96.1 Å². The van der Waals surface area contributed by atoms with Gasteiger partial charge in [-0.2, -0.15) is 0 Å². The number of pyridine rings is 2. The van der Waals surface area contributed by atoms with Crippen molar-refractivity contribution >= 4 is 23.6 Å². The molecule has 0 bridgehead atoms. The van der Waals surface area contributed by atoms with Crippen LogP contribution in [0.2, 0.25) is 0 Å². The average Bonchev–Trinajstić information content (AvgIpc) is 3.51. The Bertz CT molecular complexity index is 1790. The second-order valence-corrected chi connectivity index (χ2v) is 12.1. The molecular formula is C34H37BN4O5. The number of para-hydroxylation sites is 1. The van der Waals surface area contributed by atoms with E-state index in [1.165, 1.54) is 0 Å². The summed E-state index contributed by atoms with van der Waals surface area (Å²) in [5.74, 6) is 3.32. The third-order valence-corrected chi connectivity index (χ3v) is 8.31. The fourth-order valence-electron chi connectivity index (χ4n) is 5.17. The summed E-state index contributed by atoms with van der Waals surface area (Å²) in [5.41, 5.74) is 5.29. The molecule has 0 aliphatic carbocycles. The van der Waals surface area contributed by atoms with Crippen LogP contribution in [0, 0.1) is 13.8 Å². The largest absolute Gasteiger partial charge is 0.496 e. The number of H-pyrrole nitrogens is 1. The van der Waals surface area contributed by atoms with Gasteiger partial charge in [-0.05, 0) is 71.9 Å². The van der Waals surface area contributed by atoms with Crippen molar-refractivity contribution in [3.63, 3.8) is 0 Å². The molecule has 0 atom stereocenters. The maximum atomic E-state index is 6.45. The van der Waals surface area contributed by atoms with Gasteiger partial charge in [0.05, 0.1) is 30.4 Å². The molecule has 0 amide bonds. The first kappa shape index (κ1) is 29.7. The summed E-state index contributed by atoms with van der Waals surface area (Å²) in [6.07, 6.45) is 4.10. The van der Waals surface area contributed by atoms with Gasteiger partial charge in [-0.1, -0.05) is 24.3 Å². The molecule has 4 heterocycles. The van der Waals surface area contributed by atoms with E-state index in [4.69, 9.17) is 28.5 Å². The first-order valence-corrected chi connectivity index (χ1v) is 14.7. The molecule has 2 aromatic carbocycles. The van der Waals surface area contributed by atoms with Crippen molar-refractivity contribution in [2.24, 2.45) is 0 Å². The molecule has 226 valence electrons. The monoisotopic (exact) mass is 592 g/mol. The van der Waals surface area contributed by atoms with Crippen LogP contribution in [0.4, 0.5) is 0 Å². The maximum absolute atomic E-state index is 6.45. The normalized spacial score (nSPS) is 15.5. The average molecular weight is 593 g/mol. The van der Waals surface area contributed by atoms with E-state index in [9.17, 15) is 0 Å². The van der Waals surface area contributed by atoms with E-state index in [1.54, 1.807) is 19.5 Å². The van der Waals surface area contributed by atoms with Gasteiger partial charge >= 0.3 is 7.12 Å². The van der Waals surface area contributed by atoms with Crippen LogP contribution in [0.5, 0.6) is 23.3 Å². The van der Waals surface area contributed by atoms with Crippen molar-refractivity contribution in [2.45, 2.75) is 59.2 Å². The summed E-state index contributed by atoms with van der Waals surface area (Å²) in [6, 6.07) is 17.8. The van der Waals surface area contributed by atoms with Crippen LogP contribution < -0.4 is 19.7 Å². The fraction of sp³-hybridized carbons (Fsp3) is 0.324. The van der Waals surface area contributed by atoms with E-state index in [2.05, 4.69) is 15.0 Å². The molecule has 44 heavy (non-hydrogen) atoms. The molecule has 10 heteroatoms. The topological polar surface area (TPSA) is 101 Å². The second-order valence-electron chi connectivity index (χ2n) is 12.1. The van der Waals surface area contributed by atoms with Crippen molar-refractivity contribution in [1.29, 1.82) is 0 Å². The summed E-state index contributed by atoms with van der Waals surface area (Å²) in [5, 5.41) is 0. The smallest absolute Gasteiger partial charge is 0.481 e. The fourth-order valence-corrected chi connectivity index (χ4v) is 5.17. The van der Waals surface area contributed by atoms with Crippen molar-refractivity contribution < 1.29 is 23.5 Å². The van der Waals surface area contributed by atoms with Crippen LogP contribution in [0.15, 0.2) is 67.0 Å². The van der Waals surface area contributed by atoms with Gasteiger partial charge in [-0.15, -0.1) is 0 Å². The highest BCUT2D eigenvalue weighted by atomic mass is 16.7. The van der Waals surface area contributed by atoms with Gasteiger partial charge in [-0.3, -0.25) is 0 Å². The third-order valence-electron chi connectivity index (χ3n) is 8.31. The number of ether oxygens (including phenoxy) is 3. The predicted molar refractivity (Wildman–Crippen MR) is 171 cm³/mol. The lowest BCUT2D eigenvalue weighted by molar-refractivity contribution is 0.00578. The van der Waals surface area contributed by atoms with Gasteiger partial charge in [0.25, 0.3) is 0 Å². The molecule has 1 saturated heterocycles. The van der Waals surface area contributed by atoms with E-state index < -0.39 is 18.3 Å². The van der Waals surface area contributed by atoms with Gasteiger partial charge < -0.3 is 28.5 Å². The minimum absolute atomic E-state index is 0.396. The van der Waals surface area contributed by atoms with Crippen LogP contribution >= 0.6 is 0 Å². The van der Waals surface area contributed by atoms with Gasteiger partial charge in [-0.25, -0.2) is 15.0 Å². The standard InChI is InChI=1S/C34H37BN4O5/c1-21-17-23(19-36-31(21)40-7)26-13-14-27-29(30(26)42-25-11-9-8-10-12-25)39-28(38-27)15-16-41-32-22(2)18-24(20-37-32)35-43-33(3,4)34(5,6)44-35/h8-14,17-20H,15-16H2,1-7H3,(H,38,39). The number of aromatic nitrogens is 4. The Morgan fingerprint density at radius 1 is 0.864 bits per heavy atom. The van der Waals surface area contributed by atoms with E-state index in [0.717, 1.165) is 50.3 Å². The molecule has 1 fully saturated rings. The van der Waals surface area contributed by atoms with Crippen LogP contribution in [0.25, 0.3) is 22.2 Å². The van der Waals surface area contributed by atoms with Gasteiger partial charge in [0.2, 0.25) is 11.8 Å². The summed E-state index contributed by atoms with van der Waals surface area (Å²) >= 11 is 0. The molecule has 9 nitrogen and oxygen atoms in total. The molecular weight excluding hydrogens is 555 g/mol. The summed E-state index contributed by atoms with van der Waals surface area (Å²) < 4.78 is 30.3. The van der Waals surface area contributed by atoms with Crippen LogP contribution in [-0.4, -0.2) is 52.0 Å². The van der Waals surface area contributed by atoms with Gasteiger partial charge in [0, 0.05) is 46.5 Å². The number of hydrogen-bond donors (Lipinski definition) is 1. The molecule has 0 unspecified atom stereocenters. The summed E-state index contributed by atoms with van der Waals surface area (Å²) in [4.78, 5) is 17.4. The number of fused-ring (bicyclic) bond motifs is 1. The number of rotatable bonds is 9. The predicted octanol–water partition coefficient (Wildman–Crippen LogP) is 6.36. The minimum atomic E-state index is -0.467. The number of nitrogens with one attached hydrogen (secondary N) is 1. The quantitative estimate of drug-likeness (QED) is 0.198. The Hall–Kier alpha value is -4.41. The summed E-state index contributed by atoms with van der Waals surface area (Å²) in [6.45, 7) is 12.5. The molecule has 0 radical (unpaired) electrons. The van der Waals surface area contributed by atoms with Crippen LogP contribution in [0.3, 0.4) is 0 Å². The number of hydrogen-bond acceptors (Lipinski definition) is 8. The first-order valence-electron chi connectivity index (χ1n) is 14.7. The van der Waals surface area contributed by atoms with Crippen LogP contribution in [0.1, 0.15) is 44.6 Å². The highest BCUT2D eigenvalue weighted by Crippen LogP contribution is 2.40. The zero-order chi connectivity index (χ0) is 31.1. The van der Waals surface area contributed by atoms with E-state index >= 15 is 0 Å². The second kappa shape index (κ2) is 11.6. The van der Waals surface area contributed by atoms with E-state index in [-0.39, 0.29) is 0 Å². The number of nitrogens with zero attached hydrogens (tertiary/aromatic N) is 3. The minimum Gasteiger partial charge on any atom is -0.481 e. The number of imidazole rings is 1. The van der Waals surface area contributed by atoms with E-state index in [0.29, 0.717) is 30.5 Å². The first-order chi connectivity index (χ1) is 21.0. The number of aryl methyl sites for hydroxylation is 2. The Morgan fingerprint density at radius 3 is 2.25 bits per heavy atom. The zero-order valence-electron chi connectivity index (χ0n) is 26.2. The summed E-state index contributed by atoms with van der Waals surface area (Å²) in [7, 11) is 1.15. The molecule has 1 aliphatic rings. The third kappa shape index (κ3) is 5.75. The molecule has 0 saturated carbocycles. The van der Waals surface area contributed by atoms with Gasteiger partial charge in [0.1, 0.15) is 17.1 Å². The molecule has 1 aliphatic heterocycles. The molecule has 1 N–H and O–H groups in total. The highest BCUT2D eigenvalue weighted by Gasteiger charge is 2.51. The number of aromatic amines is 1. The van der Waals surface area contributed by atoms with Crippen molar-refractivity contribution in [1.82, 2.24) is 19.9 Å². The SMILES string of the molecule is COc1ncc(-c2ccc3[nH]c(CCOc4ncc(B5OC(C)(C)C(C)(C)O5)cc4C)nc3c2Oc2ccccc2)cc1C. The van der Waals surface area contributed by atoms with Crippen molar-refractivity contribution in [3.05, 3.63) is 83.9 Å². The highest BCUT2D eigenvalue weighted by molar-refractivity contribution is 6.62. The molecule has 0 spiro atoms.